The minimum Gasteiger partial charge on any atom is -0.208 e. The molecule has 1 atom stereocenters. The second-order valence-electron chi connectivity index (χ2n) is 5.57. The molecule has 0 saturated heterocycles. The van der Waals surface area contributed by atoms with Gasteiger partial charge in [-0.25, -0.2) is 13.1 Å². The highest BCUT2D eigenvalue weighted by molar-refractivity contribution is 7.92. The van der Waals surface area contributed by atoms with E-state index in [0.717, 1.165) is 16.9 Å². The van der Waals surface area contributed by atoms with Crippen LogP contribution in [0.5, 0.6) is 0 Å². The predicted octanol–water partition coefficient (Wildman–Crippen LogP) is 4.43. The Hall–Kier alpha value is -1.43. The molecule has 0 saturated carbocycles. The van der Waals surface area contributed by atoms with E-state index in [9.17, 15) is 8.42 Å². The summed E-state index contributed by atoms with van der Waals surface area (Å²) in [6, 6.07) is 13.2. The van der Waals surface area contributed by atoms with Crippen molar-refractivity contribution in [3.63, 3.8) is 0 Å². The van der Waals surface area contributed by atoms with Crippen LogP contribution in [-0.2, 0) is 10.0 Å². The molecular formula is C17H21NO2S2. The summed E-state index contributed by atoms with van der Waals surface area (Å²) < 4.78 is 27.4. The van der Waals surface area contributed by atoms with Crippen LogP contribution in [0.1, 0.15) is 36.8 Å². The molecule has 2 rings (SSSR count). The molecule has 5 heteroatoms. The van der Waals surface area contributed by atoms with Gasteiger partial charge in [0.25, 0.3) is 0 Å². The minimum atomic E-state index is -3.47. The number of benzene rings is 1. The van der Waals surface area contributed by atoms with Crippen LogP contribution in [0.25, 0.3) is 6.08 Å². The van der Waals surface area contributed by atoms with Gasteiger partial charge in [0.1, 0.15) is 0 Å². The molecule has 1 N–H and O–H groups in total. The van der Waals surface area contributed by atoms with Gasteiger partial charge < -0.3 is 0 Å². The third kappa shape index (κ3) is 5.40. The summed E-state index contributed by atoms with van der Waals surface area (Å²) in [4.78, 5) is 1.05. The predicted molar refractivity (Wildman–Crippen MR) is 94.0 cm³/mol. The third-order valence-corrected chi connectivity index (χ3v) is 5.23. The molecule has 1 aromatic carbocycles. The molecule has 0 aliphatic rings. The summed E-state index contributed by atoms with van der Waals surface area (Å²) in [7, 11) is -3.47. The molecule has 22 heavy (non-hydrogen) atoms. The smallest absolute Gasteiger partial charge is 0.208 e. The van der Waals surface area contributed by atoms with Gasteiger partial charge in [0.15, 0.2) is 0 Å². The summed E-state index contributed by atoms with van der Waals surface area (Å²) in [5, 5.41) is 3.21. The second kappa shape index (κ2) is 7.72. The van der Waals surface area contributed by atoms with Crippen LogP contribution < -0.4 is 4.72 Å². The van der Waals surface area contributed by atoms with E-state index in [2.05, 4.69) is 18.6 Å². The molecule has 0 bridgehead atoms. The molecule has 0 aliphatic carbocycles. The standard InChI is InChI=1S/C17H21NO2S2/c1-14(2)13-16(17-9-6-11-21-17)18-22(19,20)12-10-15-7-4-3-5-8-15/h3-12,14,16,18H,13H2,1-2H3/b12-10+. The fraction of sp³-hybridized carbons (Fsp3) is 0.294. The molecule has 2 aromatic rings. The highest BCUT2D eigenvalue weighted by Gasteiger charge is 2.19. The lowest BCUT2D eigenvalue weighted by Gasteiger charge is -2.18. The lowest BCUT2D eigenvalue weighted by molar-refractivity contribution is 0.479. The quantitative estimate of drug-likeness (QED) is 0.814. The van der Waals surface area contributed by atoms with Crippen molar-refractivity contribution < 1.29 is 8.42 Å². The zero-order valence-electron chi connectivity index (χ0n) is 12.8. The maximum Gasteiger partial charge on any atom is 0.234 e. The molecular weight excluding hydrogens is 314 g/mol. The van der Waals surface area contributed by atoms with E-state index in [-0.39, 0.29) is 6.04 Å². The van der Waals surface area contributed by atoms with Crippen molar-refractivity contribution in [3.8, 4) is 0 Å². The van der Waals surface area contributed by atoms with Gasteiger partial charge in [0.2, 0.25) is 10.0 Å². The first-order valence-corrected chi connectivity index (χ1v) is 9.68. The SMILES string of the molecule is CC(C)CC(NS(=O)(=O)/C=C/c1ccccc1)c1cccs1. The Kier molecular flexibility index (Phi) is 5.94. The van der Waals surface area contributed by atoms with Gasteiger partial charge >= 0.3 is 0 Å². The van der Waals surface area contributed by atoms with Crippen molar-refractivity contribution in [3.05, 3.63) is 63.7 Å². The van der Waals surface area contributed by atoms with Crippen molar-refractivity contribution >= 4 is 27.4 Å². The van der Waals surface area contributed by atoms with E-state index in [4.69, 9.17) is 0 Å². The van der Waals surface area contributed by atoms with Crippen molar-refractivity contribution in [1.82, 2.24) is 4.72 Å². The van der Waals surface area contributed by atoms with E-state index < -0.39 is 10.0 Å². The van der Waals surface area contributed by atoms with E-state index in [1.165, 1.54) is 5.41 Å². The highest BCUT2D eigenvalue weighted by Crippen LogP contribution is 2.26. The number of nitrogens with one attached hydrogen (secondary N) is 1. The number of rotatable bonds is 7. The van der Waals surface area contributed by atoms with Crippen LogP contribution in [0.3, 0.4) is 0 Å². The van der Waals surface area contributed by atoms with Gasteiger partial charge in [-0.3, -0.25) is 0 Å². The van der Waals surface area contributed by atoms with Crippen molar-refractivity contribution in [2.45, 2.75) is 26.3 Å². The monoisotopic (exact) mass is 335 g/mol. The third-order valence-electron chi connectivity index (χ3n) is 3.14. The summed E-state index contributed by atoms with van der Waals surface area (Å²) in [5.74, 6) is 0.410. The first-order chi connectivity index (χ1) is 10.5. The summed E-state index contributed by atoms with van der Waals surface area (Å²) in [5.41, 5.74) is 0.865. The van der Waals surface area contributed by atoms with Crippen LogP contribution in [0.15, 0.2) is 53.3 Å². The topological polar surface area (TPSA) is 46.2 Å². The van der Waals surface area contributed by atoms with E-state index in [1.807, 2.05) is 47.8 Å². The zero-order valence-corrected chi connectivity index (χ0v) is 14.4. The van der Waals surface area contributed by atoms with Gasteiger partial charge in [0, 0.05) is 10.3 Å². The Morgan fingerprint density at radius 1 is 1.14 bits per heavy atom. The number of hydrogen-bond acceptors (Lipinski definition) is 3. The Balaban J connectivity index is 2.12. The Labute approximate surface area is 136 Å². The van der Waals surface area contributed by atoms with Crippen LogP contribution >= 0.6 is 11.3 Å². The Bertz CT molecular complexity index is 690. The first-order valence-electron chi connectivity index (χ1n) is 7.25. The largest absolute Gasteiger partial charge is 0.234 e. The van der Waals surface area contributed by atoms with E-state index in [0.29, 0.717) is 5.92 Å². The summed E-state index contributed by atoms with van der Waals surface area (Å²) >= 11 is 1.58. The van der Waals surface area contributed by atoms with Gasteiger partial charge in [-0.1, -0.05) is 50.2 Å². The van der Waals surface area contributed by atoms with Gasteiger partial charge in [-0.05, 0) is 35.4 Å². The molecule has 118 valence electrons. The first kappa shape index (κ1) is 16.9. The Morgan fingerprint density at radius 2 is 1.86 bits per heavy atom. The lowest BCUT2D eigenvalue weighted by Crippen LogP contribution is -2.27. The molecule has 0 fully saturated rings. The molecule has 1 unspecified atom stereocenters. The molecule has 1 heterocycles. The molecule has 0 spiro atoms. The van der Waals surface area contributed by atoms with Crippen LogP contribution in [-0.4, -0.2) is 8.42 Å². The normalized spacial score (nSPS) is 13.8. The van der Waals surface area contributed by atoms with Gasteiger partial charge in [-0.15, -0.1) is 11.3 Å². The maximum atomic E-state index is 12.3. The average molecular weight is 335 g/mol. The fourth-order valence-corrected chi connectivity index (χ4v) is 4.05. The average Bonchev–Trinajstić information content (AvgIpc) is 2.99. The fourth-order valence-electron chi connectivity index (χ4n) is 2.15. The van der Waals surface area contributed by atoms with Crippen molar-refractivity contribution in [2.24, 2.45) is 5.92 Å². The van der Waals surface area contributed by atoms with E-state index >= 15 is 0 Å². The van der Waals surface area contributed by atoms with Crippen molar-refractivity contribution in [1.29, 1.82) is 0 Å². The molecule has 0 amide bonds. The second-order valence-corrected chi connectivity index (χ2v) is 8.15. The number of hydrogen-bond donors (Lipinski definition) is 1. The zero-order chi connectivity index (χ0) is 16.0. The van der Waals surface area contributed by atoms with Crippen LogP contribution in [0.4, 0.5) is 0 Å². The summed E-state index contributed by atoms with van der Waals surface area (Å²) in [6.07, 6.45) is 2.39. The maximum absolute atomic E-state index is 12.3. The molecule has 3 nitrogen and oxygen atoms in total. The molecule has 0 radical (unpaired) electrons. The van der Waals surface area contributed by atoms with Gasteiger partial charge in [-0.2, -0.15) is 0 Å². The number of thiophene rings is 1. The van der Waals surface area contributed by atoms with E-state index in [1.54, 1.807) is 17.4 Å². The minimum absolute atomic E-state index is 0.176. The highest BCUT2D eigenvalue weighted by atomic mass is 32.2. The number of sulfonamides is 1. The summed E-state index contributed by atoms with van der Waals surface area (Å²) in [6.45, 7) is 4.18. The Morgan fingerprint density at radius 3 is 2.45 bits per heavy atom. The lowest BCUT2D eigenvalue weighted by atomic mass is 10.0. The van der Waals surface area contributed by atoms with Gasteiger partial charge in [0.05, 0.1) is 6.04 Å². The molecule has 0 aliphatic heterocycles. The van der Waals surface area contributed by atoms with Crippen molar-refractivity contribution in [2.75, 3.05) is 0 Å². The van der Waals surface area contributed by atoms with Crippen LogP contribution in [0.2, 0.25) is 0 Å². The molecule has 1 aromatic heterocycles. The van der Waals surface area contributed by atoms with Crippen LogP contribution in [0, 0.1) is 5.92 Å².